The molecule has 2 aromatic heterocycles. The van der Waals surface area contributed by atoms with Crippen LogP contribution < -0.4 is 9.80 Å². The third kappa shape index (κ3) is 3.77. The van der Waals surface area contributed by atoms with Gasteiger partial charge in [0.1, 0.15) is 18.0 Å². The average Bonchev–Trinajstić information content (AvgIpc) is 2.76. The lowest BCUT2D eigenvalue weighted by Gasteiger charge is -2.36. The molecule has 0 atom stereocenters. The largest absolute Gasteiger partial charge is 0.378 e. The molecule has 0 aliphatic carbocycles. The first-order valence-corrected chi connectivity index (χ1v) is 9.74. The molecule has 148 valence electrons. The molecular weight excluding hydrogens is 356 g/mol. The number of morpholine rings is 1. The monoisotopic (exact) mass is 382 g/mol. The molecule has 1 amide bonds. The van der Waals surface area contributed by atoms with Gasteiger partial charge in [0.2, 0.25) is 0 Å². The summed E-state index contributed by atoms with van der Waals surface area (Å²) in [5.41, 5.74) is 2.84. The highest BCUT2D eigenvalue weighted by atomic mass is 16.5. The van der Waals surface area contributed by atoms with Gasteiger partial charge in [-0.05, 0) is 26.0 Å². The molecule has 8 nitrogen and oxygen atoms in total. The Hall–Kier alpha value is -2.74. The van der Waals surface area contributed by atoms with E-state index in [1.54, 1.807) is 18.6 Å². The van der Waals surface area contributed by atoms with Crippen LogP contribution in [0.5, 0.6) is 0 Å². The lowest BCUT2D eigenvalue weighted by molar-refractivity contribution is 0.0303. The molecule has 2 aliphatic heterocycles. The zero-order chi connectivity index (χ0) is 19.5. The Morgan fingerprint density at radius 3 is 2.43 bits per heavy atom. The predicted molar refractivity (Wildman–Crippen MR) is 107 cm³/mol. The van der Waals surface area contributed by atoms with Crippen LogP contribution in [0, 0.1) is 13.8 Å². The summed E-state index contributed by atoms with van der Waals surface area (Å²) in [4.78, 5) is 32.4. The Morgan fingerprint density at radius 2 is 1.68 bits per heavy atom. The Labute approximate surface area is 165 Å². The van der Waals surface area contributed by atoms with Gasteiger partial charge in [0.15, 0.2) is 0 Å². The van der Waals surface area contributed by atoms with E-state index in [1.807, 2.05) is 17.9 Å². The van der Waals surface area contributed by atoms with Gasteiger partial charge < -0.3 is 19.4 Å². The first kappa shape index (κ1) is 18.6. The highest BCUT2D eigenvalue weighted by molar-refractivity contribution is 5.95. The van der Waals surface area contributed by atoms with Crippen LogP contribution in [0.25, 0.3) is 0 Å². The van der Waals surface area contributed by atoms with Crippen molar-refractivity contribution in [3.05, 3.63) is 41.5 Å². The van der Waals surface area contributed by atoms with Crippen LogP contribution >= 0.6 is 0 Å². The van der Waals surface area contributed by atoms with Crippen LogP contribution in [-0.4, -0.2) is 78.2 Å². The molecule has 28 heavy (non-hydrogen) atoms. The van der Waals surface area contributed by atoms with E-state index in [0.29, 0.717) is 31.9 Å². The topological polar surface area (TPSA) is 74.7 Å². The summed E-state index contributed by atoms with van der Waals surface area (Å²) in [5, 5.41) is 0. The van der Waals surface area contributed by atoms with Gasteiger partial charge in [0.25, 0.3) is 5.91 Å². The number of hydrogen-bond acceptors (Lipinski definition) is 7. The highest BCUT2D eigenvalue weighted by Crippen LogP contribution is 2.22. The van der Waals surface area contributed by atoms with E-state index in [1.165, 1.54) is 0 Å². The van der Waals surface area contributed by atoms with Crippen LogP contribution in [0.1, 0.15) is 21.6 Å². The van der Waals surface area contributed by atoms with Crippen LogP contribution in [0.3, 0.4) is 0 Å². The third-order valence-corrected chi connectivity index (χ3v) is 5.50. The summed E-state index contributed by atoms with van der Waals surface area (Å²) in [7, 11) is 0. The van der Waals surface area contributed by atoms with Crippen molar-refractivity contribution in [1.29, 1.82) is 0 Å². The minimum absolute atomic E-state index is 0.0534. The molecule has 2 fully saturated rings. The summed E-state index contributed by atoms with van der Waals surface area (Å²) < 4.78 is 5.34. The van der Waals surface area contributed by atoms with Crippen LogP contribution in [-0.2, 0) is 4.74 Å². The Kier molecular flexibility index (Phi) is 5.38. The lowest BCUT2D eigenvalue weighted by Crippen LogP contribution is -2.47. The Balaban J connectivity index is 1.43. The maximum Gasteiger partial charge on any atom is 0.254 e. The van der Waals surface area contributed by atoms with Gasteiger partial charge in [-0.2, -0.15) is 0 Å². The number of nitrogens with zero attached hydrogens (tertiary/aromatic N) is 6. The minimum Gasteiger partial charge on any atom is -0.378 e. The Morgan fingerprint density at radius 1 is 0.964 bits per heavy atom. The number of anilines is 2. The second-order valence-corrected chi connectivity index (χ2v) is 7.19. The van der Waals surface area contributed by atoms with Gasteiger partial charge in [0, 0.05) is 62.3 Å². The van der Waals surface area contributed by atoms with E-state index in [9.17, 15) is 4.79 Å². The minimum atomic E-state index is 0.0534. The highest BCUT2D eigenvalue weighted by Gasteiger charge is 2.23. The molecule has 0 spiro atoms. The maximum atomic E-state index is 12.7. The molecule has 0 radical (unpaired) electrons. The molecule has 4 rings (SSSR count). The number of piperazine rings is 1. The van der Waals surface area contributed by atoms with E-state index in [0.717, 1.165) is 49.1 Å². The number of aromatic nitrogens is 3. The number of amides is 1. The van der Waals surface area contributed by atoms with E-state index >= 15 is 0 Å². The third-order valence-electron chi connectivity index (χ3n) is 5.50. The van der Waals surface area contributed by atoms with Crippen molar-refractivity contribution in [2.24, 2.45) is 0 Å². The van der Waals surface area contributed by atoms with Gasteiger partial charge in [-0.1, -0.05) is 0 Å². The van der Waals surface area contributed by atoms with Gasteiger partial charge >= 0.3 is 0 Å². The average molecular weight is 382 g/mol. The second kappa shape index (κ2) is 8.10. The van der Waals surface area contributed by atoms with Gasteiger partial charge in [-0.25, -0.2) is 15.0 Å². The fraction of sp³-hybridized carbons (Fsp3) is 0.500. The summed E-state index contributed by atoms with van der Waals surface area (Å²) in [5.74, 6) is 1.92. The van der Waals surface area contributed by atoms with Gasteiger partial charge in [-0.15, -0.1) is 0 Å². The van der Waals surface area contributed by atoms with E-state index in [4.69, 9.17) is 4.74 Å². The maximum absolute atomic E-state index is 12.7. The summed E-state index contributed by atoms with van der Waals surface area (Å²) in [6.07, 6.45) is 3.36. The van der Waals surface area contributed by atoms with Crippen molar-refractivity contribution in [2.45, 2.75) is 13.8 Å². The lowest BCUT2D eigenvalue weighted by atomic mass is 10.2. The van der Waals surface area contributed by atoms with E-state index in [2.05, 4.69) is 31.7 Å². The predicted octanol–water partition coefficient (Wildman–Crippen LogP) is 1.29. The van der Waals surface area contributed by atoms with Crippen molar-refractivity contribution in [1.82, 2.24) is 19.9 Å². The molecule has 8 heteroatoms. The number of ether oxygens (including phenoxy) is 1. The molecule has 0 aromatic carbocycles. The summed E-state index contributed by atoms with van der Waals surface area (Å²) in [6, 6.07) is 3.71. The number of hydrogen-bond donors (Lipinski definition) is 0. The number of aryl methyl sites for hydroxylation is 1. The number of carbonyl (C=O) groups excluding carboxylic acids is 1. The molecule has 4 heterocycles. The molecule has 0 saturated carbocycles. The first-order valence-electron chi connectivity index (χ1n) is 9.74. The van der Waals surface area contributed by atoms with Crippen molar-refractivity contribution in [2.75, 3.05) is 62.3 Å². The van der Waals surface area contributed by atoms with Crippen molar-refractivity contribution in [3.63, 3.8) is 0 Å². The van der Waals surface area contributed by atoms with E-state index in [-0.39, 0.29) is 5.91 Å². The molecule has 2 aliphatic rings. The standard InChI is InChI=1S/C20H26N6O2/c1-15-16(2)22-14-23-19(15)25-7-5-24(6-8-25)18-13-17(3-4-21-18)20(27)26-9-11-28-12-10-26/h3-4,13-14H,5-12H2,1-2H3. The SMILES string of the molecule is Cc1ncnc(N2CCN(c3cc(C(=O)N4CCOCC4)ccn3)CC2)c1C. The first-order chi connectivity index (χ1) is 13.6. The molecule has 2 saturated heterocycles. The van der Waals surface area contributed by atoms with E-state index < -0.39 is 0 Å². The smallest absolute Gasteiger partial charge is 0.254 e. The molecule has 0 N–H and O–H groups in total. The normalized spacial score (nSPS) is 17.7. The summed E-state index contributed by atoms with van der Waals surface area (Å²) >= 11 is 0. The van der Waals surface area contributed by atoms with Crippen molar-refractivity contribution >= 4 is 17.5 Å². The number of rotatable bonds is 3. The summed E-state index contributed by atoms with van der Waals surface area (Å²) in [6.45, 7) is 9.98. The quantitative estimate of drug-likeness (QED) is 0.792. The second-order valence-electron chi connectivity index (χ2n) is 7.19. The molecule has 0 bridgehead atoms. The van der Waals surface area contributed by atoms with Crippen LogP contribution in [0.2, 0.25) is 0 Å². The molecular formula is C20H26N6O2. The zero-order valence-electron chi connectivity index (χ0n) is 16.5. The van der Waals surface area contributed by atoms with Gasteiger partial charge in [0.05, 0.1) is 13.2 Å². The van der Waals surface area contributed by atoms with Gasteiger partial charge in [-0.3, -0.25) is 4.79 Å². The Bertz CT molecular complexity index is 844. The van der Waals surface area contributed by atoms with Crippen LogP contribution in [0.4, 0.5) is 11.6 Å². The number of carbonyl (C=O) groups is 1. The fourth-order valence-electron chi connectivity index (χ4n) is 3.67. The van der Waals surface area contributed by atoms with Crippen molar-refractivity contribution < 1.29 is 9.53 Å². The van der Waals surface area contributed by atoms with Crippen molar-refractivity contribution in [3.8, 4) is 0 Å². The molecule has 2 aromatic rings. The fourth-order valence-corrected chi connectivity index (χ4v) is 3.67. The zero-order valence-corrected chi connectivity index (χ0v) is 16.5. The number of pyridine rings is 1. The molecule has 0 unspecified atom stereocenters. The van der Waals surface area contributed by atoms with Crippen LogP contribution in [0.15, 0.2) is 24.7 Å².